The number of hydrogen-bond donors (Lipinski definition) is 0. The van der Waals surface area contributed by atoms with Crippen molar-refractivity contribution in [1.82, 2.24) is 0 Å². The molecule has 20 heavy (non-hydrogen) atoms. The van der Waals surface area contributed by atoms with Gasteiger partial charge in [0.1, 0.15) is 5.78 Å². The first-order chi connectivity index (χ1) is 9.54. The predicted octanol–water partition coefficient (Wildman–Crippen LogP) is 5.21. The molecule has 0 unspecified atom stereocenters. The van der Waals surface area contributed by atoms with Crippen LogP contribution in [0.15, 0.2) is 47.4 Å². The number of hydrogen-bond acceptors (Lipinski definition) is 2. The van der Waals surface area contributed by atoms with Crippen LogP contribution in [0.1, 0.15) is 11.1 Å². The first-order valence-corrected chi connectivity index (χ1v) is 7.94. The van der Waals surface area contributed by atoms with Gasteiger partial charge in [0, 0.05) is 11.3 Å². The van der Waals surface area contributed by atoms with E-state index in [4.69, 9.17) is 23.2 Å². The minimum absolute atomic E-state index is 0.176. The monoisotopic (exact) mass is 324 g/mol. The largest absolute Gasteiger partial charge is 0.298 e. The summed E-state index contributed by atoms with van der Waals surface area (Å²) in [5, 5.41) is 1.00. The lowest BCUT2D eigenvalue weighted by molar-refractivity contribution is -0.116. The fourth-order valence-electron chi connectivity index (χ4n) is 1.80. The van der Waals surface area contributed by atoms with Crippen LogP contribution in [0.3, 0.4) is 0 Å². The average molecular weight is 325 g/mol. The summed E-state index contributed by atoms with van der Waals surface area (Å²) in [4.78, 5) is 13.1. The molecule has 0 N–H and O–H groups in total. The van der Waals surface area contributed by atoms with Crippen LogP contribution >= 0.6 is 35.0 Å². The lowest BCUT2D eigenvalue weighted by Gasteiger charge is -2.04. The number of aryl methyl sites for hydroxylation is 1. The molecule has 0 aliphatic heterocycles. The third-order valence-corrected chi connectivity index (χ3v) is 4.57. The number of thioether (sulfide) groups is 1. The van der Waals surface area contributed by atoms with Crippen LogP contribution < -0.4 is 0 Å². The maximum atomic E-state index is 12.0. The van der Waals surface area contributed by atoms with Crippen molar-refractivity contribution in [1.29, 1.82) is 0 Å². The number of Topliss-reactive ketones (excluding diaryl/α,β-unsaturated/α-hetero) is 1. The van der Waals surface area contributed by atoms with E-state index < -0.39 is 0 Å². The fourth-order valence-corrected chi connectivity index (χ4v) is 2.99. The van der Waals surface area contributed by atoms with Crippen LogP contribution in [0.2, 0.25) is 10.0 Å². The van der Waals surface area contributed by atoms with Crippen LogP contribution in [0, 0.1) is 6.92 Å². The van der Waals surface area contributed by atoms with E-state index in [0.717, 1.165) is 10.5 Å². The molecule has 0 radical (unpaired) electrons. The molecule has 0 fully saturated rings. The minimum atomic E-state index is 0.176. The van der Waals surface area contributed by atoms with Crippen molar-refractivity contribution in [3.63, 3.8) is 0 Å². The normalized spacial score (nSPS) is 10.6. The standard InChI is InChI=1S/C16H14Cl2OS/c1-11-3-2-4-14(7-11)20-10-13(19)8-12-5-6-15(17)16(18)9-12/h2-7,9H,8,10H2,1H3. The first-order valence-electron chi connectivity index (χ1n) is 6.19. The van der Waals surface area contributed by atoms with Crippen molar-refractivity contribution in [3.8, 4) is 0 Å². The van der Waals surface area contributed by atoms with E-state index in [9.17, 15) is 4.79 Å². The second kappa shape index (κ2) is 7.16. The molecule has 0 aliphatic rings. The Morgan fingerprint density at radius 1 is 1.10 bits per heavy atom. The van der Waals surface area contributed by atoms with Gasteiger partial charge in [0.25, 0.3) is 0 Å². The Bertz CT molecular complexity index is 626. The highest BCUT2D eigenvalue weighted by Crippen LogP contribution is 2.24. The van der Waals surface area contributed by atoms with Gasteiger partial charge in [-0.25, -0.2) is 0 Å². The van der Waals surface area contributed by atoms with Gasteiger partial charge in [0.2, 0.25) is 0 Å². The summed E-state index contributed by atoms with van der Waals surface area (Å²) in [6.07, 6.45) is 0.385. The Morgan fingerprint density at radius 2 is 1.90 bits per heavy atom. The zero-order valence-electron chi connectivity index (χ0n) is 11.0. The Balaban J connectivity index is 1.91. The van der Waals surface area contributed by atoms with E-state index in [1.807, 2.05) is 31.2 Å². The Kier molecular flexibility index (Phi) is 5.53. The number of benzene rings is 2. The lowest BCUT2D eigenvalue weighted by Crippen LogP contribution is -2.05. The van der Waals surface area contributed by atoms with Gasteiger partial charge >= 0.3 is 0 Å². The number of carbonyl (C=O) groups excluding carboxylic acids is 1. The molecule has 0 aliphatic carbocycles. The van der Waals surface area contributed by atoms with Crippen molar-refractivity contribution < 1.29 is 4.79 Å². The van der Waals surface area contributed by atoms with Crippen LogP contribution in [0.25, 0.3) is 0 Å². The third kappa shape index (κ3) is 4.55. The first kappa shape index (κ1) is 15.4. The van der Waals surface area contributed by atoms with Crippen molar-refractivity contribution in [2.24, 2.45) is 0 Å². The van der Waals surface area contributed by atoms with E-state index in [2.05, 4.69) is 6.07 Å². The van der Waals surface area contributed by atoms with Gasteiger partial charge in [-0.1, -0.05) is 47.0 Å². The molecule has 1 nitrogen and oxygen atoms in total. The number of halogens is 2. The smallest absolute Gasteiger partial charge is 0.147 e. The van der Waals surface area contributed by atoms with Gasteiger partial charge in [-0.2, -0.15) is 0 Å². The van der Waals surface area contributed by atoms with Crippen LogP contribution in [0.5, 0.6) is 0 Å². The number of rotatable bonds is 5. The summed E-state index contributed by atoms with van der Waals surface area (Å²) >= 11 is 13.4. The van der Waals surface area contributed by atoms with Crippen molar-refractivity contribution in [2.45, 2.75) is 18.2 Å². The zero-order valence-corrected chi connectivity index (χ0v) is 13.4. The maximum Gasteiger partial charge on any atom is 0.147 e. The number of carbonyl (C=O) groups is 1. The average Bonchev–Trinajstić information content (AvgIpc) is 2.41. The van der Waals surface area contributed by atoms with Gasteiger partial charge in [-0.05, 0) is 36.8 Å². The molecule has 0 aromatic heterocycles. The summed E-state index contributed by atoms with van der Waals surface area (Å²) in [6, 6.07) is 13.5. The molecule has 0 spiro atoms. The van der Waals surface area contributed by atoms with E-state index in [1.165, 1.54) is 5.56 Å². The summed E-state index contributed by atoms with van der Waals surface area (Å²) < 4.78 is 0. The molecule has 2 rings (SSSR count). The molecule has 2 aromatic carbocycles. The second-order valence-corrected chi connectivity index (χ2v) is 6.43. The van der Waals surface area contributed by atoms with Crippen LogP contribution in [0.4, 0.5) is 0 Å². The lowest BCUT2D eigenvalue weighted by atomic mass is 10.1. The second-order valence-electron chi connectivity index (χ2n) is 4.57. The maximum absolute atomic E-state index is 12.0. The highest BCUT2D eigenvalue weighted by atomic mass is 35.5. The van der Waals surface area contributed by atoms with Gasteiger partial charge in [0.05, 0.1) is 15.8 Å². The van der Waals surface area contributed by atoms with Crippen molar-refractivity contribution in [2.75, 3.05) is 5.75 Å². The SMILES string of the molecule is Cc1cccc(SCC(=O)Cc2ccc(Cl)c(Cl)c2)c1. The molecule has 2 aromatic rings. The summed E-state index contributed by atoms with van der Waals surface area (Å²) in [5.74, 6) is 0.638. The molecule has 104 valence electrons. The molecule has 0 saturated carbocycles. The molecular formula is C16H14Cl2OS. The summed E-state index contributed by atoms with van der Waals surface area (Å²) in [5.41, 5.74) is 2.10. The van der Waals surface area contributed by atoms with Crippen molar-refractivity contribution in [3.05, 3.63) is 63.6 Å². The van der Waals surface area contributed by atoms with E-state index in [-0.39, 0.29) is 5.78 Å². The third-order valence-electron chi connectivity index (χ3n) is 2.77. The predicted molar refractivity (Wildman–Crippen MR) is 87.1 cm³/mol. The highest BCUT2D eigenvalue weighted by molar-refractivity contribution is 8.00. The quantitative estimate of drug-likeness (QED) is 0.702. The highest BCUT2D eigenvalue weighted by Gasteiger charge is 2.07. The van der Waals surface area contributed by atoms with Gasteiger partial charge in [-0.15, -0.1) is 11.8 Å². The Morgan fingerprint density at radius 3 is 2.60 bits per heavy atom. The molecule has 0 heterocycles. The number of ketones is 1. The zero-order chi connectivity index (χ0) is 14.5. The van der Waals surface area contributed by atoms with Crippen LogP contribution in [-0.4, -0.2) is 11.5 Å². The van der Waals surface area contributed by atoms with E-state index >= 15 is 0 Å². The fraction of sp³-hybridized carbons (Fsp3) is 0.188. The van der Waals surface area contributed by atoms with E-state index in [1.54, 1.807) is 23.9 Å². The minimum Gasteiger partial charge on any atom is -0.298 e. The molecule has 0 atom stereocenters. The van der Waals surface area contributed by atoms with Gasteiger partial charge in [0.15, 0.2) is 0 Å². The Labute approximate surface area is 133 Å². The van der Waals surface area contributed by atoms with Crippen LogP contribution in [-0.2, 0) is 11.2 Å². The topological polar surface area (TPSA) is 17.1 Å². The molecule has 0 saturated heterocycles. The van der Waals surface area contributed by atoms with Crippen molar-refractivity contribution >= 4 is 40.7 Å². The molecular weight excluding hydrogens is 311 g/mol. The molecule has 0 amide bonds. The van der Waals surface area contributed by atoms with Gasteiger partial charge < -0.3 is 0 Å². The summed E-state index contributed by atoms with van der Waals surface area (Å²) in [6.45, 7) is 2.04. The van der Waals surface area contributed by atoms with E-state index in [0.29, 0.717) is 22.2 Å². The molecule has 4 heteroatoms. The molecule has 0 bridgehead atoms. The Hall–Kier alpha value is -0.960. The van der Waals surface area contributed by atoms with Gasteiger partial charge in [-0.3, -0.25) is 4.79 Å². The summed E-state index contributed by atoms with van der Waals surface area (Å²) in [7, 11) is 0.